The van der Waals surface area contributed by atoms with Gasteiger partial charge in [0.15, 0.2) is 0 Å². The molecular weight excluding hydrogens is 416 g/mol. The van der Waals surface area contributed by atoms with Gasteiger partial charge in [-0.05, 0) is 67.9 Å². The Bertz CT molecular complexity index is 1030. The summed E-state index contributed by atoms with van der Waals surface area (Å²) in [5, 5.41) is 11.1. The lowest BCUT2D eigenvalue weighted by Gasteiger charge is -2.27. The third-order valence-corrected chi connectivity index (χ3v) is 6.00. The van der Waals surface area contributed by atoms with Crippen LogP contribution in [-0.2, 0) is 15.0 Å². The van der Waals surface area contributed by atoms with Crippen LogP contribution in [0.5, 0.6) is 5.75 Å². The Morgan fingerprint density at radius 1 is 1.03 bits per heavy atom. The van der Waals surface area contributed by atoms with Gasteiger partial charge in [-0.15, -0.1) is 0 Å². The summed E-state index contributed by atoms with van der Waals surface area (Å²) < 4.78 is 5.19. The van der Waals surface area contributed by atoms with E-state index in [1.165, 1.54) is 0 Å². The van der Waals surface area contributed by atoms with Crippen molar-refractivity contribution in [3.63, 3.8) is 0 Å². The summed E-state index contributed by atoms with van der Waals surface area (Å²) in [6.45, 7) is 7.63. The van der Waals surface area contributed by atoms with Crippen molar-refractivity contribution < 1.29 is 19.4 Å². The number of hydrogen-bond acceptors (Lipinski definition) is 5. The van der Waals surface area contributed by atoms with E-state index in [1.54, 1.807) is 36.3 Å². The summed E-state index contributed by atoms with van der Waals surface area (Å²) in [6, 6.07) is 14.1. The molecule has 0 aliphatic carbocycles. The van der Waals surface area contributed by atoms with Crippen LogP contribution in [0.3, 0.4) is 0 Å². The van der Waals surface area contributed by atoms with Crippen LogP contribution >= 0.6 is 0 Å². The van der Waals surface area contributed by atoms with Crippen LogP contribution < -0.4 is 4.74 Å². The van der Waals surface area contributed by atoms with E-state index in [2.05, 4.69) is 20.8 Å². The minimum absolute atomic E-state index is 0.0187. The molecule has 6 heteroatoms. The summed E-state index contributed by atoms with van der Waals surface area (Å²) in [5.41, 5.74) is 2.54. The molecule has 1 unspecified atom stereocenters. The van der Waals surface area contributed by atoms with Crippen molar-refractivity contribution in [1.82, 2.24) is 9.80 Å². The van der Waals surface area contributed by atoms with Gasteiger partial charge in [0.2, 0.25) is 0 Å². The maximum atomic E-state index is 13.1. The quantitative estimate of drug-likeness (QED) is 0.385. The minimum Gasteiger partial charge on any atom is -0.507 e. The molecule has 2 aromatic carbocycles. The maximum Gasteiger partial charge on any atom is 0.295 e. The highest BCUT2D eigenvalue weighted by Crippen LogP contribution is 2.40. The smallest absolute Gasteiger partial charge is 0.295 e. The molecule has 0 saturated carbocycles. The van der Waals surface area contributed by atoms with Crippen molar-refractivity contribution in [2.45, 2.75) is 38.6 Å². The van der Waals surface area contributed by atoms with Crippen molar-refractivity contribution in [2.24, 2.45) is 0 Å². The molecule has 2 aromatic rings. The van der Waals surface area contributed by atoms with E-state index in [9.17, 15) is 14.7 Å². The molecule has 0 spiro atoms. The van der Waals surface area contributed by atoms with E-state index in [1.807, 2.05) is 43.3 Å². The van der Waals surface area contributed by atoms with Crippen molar-refractivity contribution in [3.8, 4) is 5.75 Å². The summed E-state index contributed by atoms with van der Waals surface area (Å²) in [7, 11) is 5.51. The number of methoxy groups -OCH3 is 1. The number of aliphatic hydroxyl groups excluding tert-OH is 1. The lowest BCUT2D eigenvalue weighted by Crippen LogP contribution is -2.32. The highest BCUT2D eigenvalue weighted by Gasteiger charge is 2.45. The zero-order valence-electron chi connectivity index (χ0n) is 20.4. The third kappa shape index (κ3) is 5.28. The molecule has 1 amide bonds. The average molecular weight is 451 g/mol. The van der Waals surface area contributed by atoms with Crippen LogP contribution in [-0.4, -0.2) is 60.9 Å². The van der Waals surface area contributed by atoms with Gasteiger partial charge in [-0.1, -0.05) is 45.0 Å². The van der Waals surface area contributed by atoms with Crippen molar-refractivity contribution in [1.29, 1.82) is 0 Å². The number of ether oxygens (including phenoxy) is 1. The lowest BCUT2D eigenvalue weighted by atomic mass is 9.85. The number of amides is 1. The molecule has 1 aliphatic heterocycles. The number of hydrogen-bond donors (Lipinski definition) is 1. The van der Waals surface area contributed by atoms with E-state index < -0.39 is 17.7 Å². The van der Waals surface area contributed by atoms with Gasteiger partial charge in [0.05, 0.1) is 18.7 Å². The second-order valence-corrected chi connectivity index (χ2v) is 9.75. The third-order valence-electron chi connectivity index (χ3n) is 6.00. The minimum atomic E-state index is -0.655. The van der Waals surface area contributed by atoms with Crippen molar-refractivity contribution in [2.75, 3.05) is 34.3 Å². The fraction of sp³-hybridized carbons (Fsp3) is 0.407. The number of aliphatic hydroxyl groups is 1. The Balaban J connectivity index is 2.08. The SMILES string of the molecule is COc1ccc(/C(O)=C2\C(=O)C(=O)N(CCCN(C)C)C2c2ccc(C(C)(C)C)cc2)cc1. The van der Waals surface area contributed by atoms with E-state index in [-0.39, 0.29) is 16.7 Å². The number of ketones is 1. The molecule has 1 N–H and O–H groups in total. The van der Waals surface area contributed by atoms with Crippen LogP contribution in [0.1, 0.15) is 49.9 Å². The Kier molecular flexibility index (Phi) is 7.28. The van der Waals surface area contributed by atoms with E-state index in [4.69, 9.17) is 4.74 Å². The number of carbonyl (C=O) groups is 2. The van der Waals surface area contributed by atoms with Crippen LogP contribution in [0.4, 0.5) is 0 Å². The maximum absolute atomic E-state index is 13.1. The van der Waals surface area contributed by atoms with Gasteiger partial charge < -0.3 is 19.6 Å². The summed E-state index contributed by atoms with van der Waals surface area (Å²) in [6.07, 6.45) is 0.721. The molecule has 0 aromatic heterocycles. The monoisotopic (exact) mass is 450 g/mol. The zero-order chi connectivity index (χ0) is 24.3. The van der Waals surface area contributed by atoms with E-state index in [0.29, 0.717) is 17.9 Å². The molecule has 1 aliphatic rings. The van der Waals surface area contributed by atoms with Gasteiger partial charge in [0, 0.05) is 12.1 Å². The highest BCUT2D eigenvalue weighted by molar-refractivity contribution is 6.46. The first kappa shape index (κ1) is 24.5. The molecule has 33 heavy (non-hydrogen) atoms. The molecule has 1 atom stereocenters. The van der Waals surface area contributed by atoms with Gasteiger partial charge >= 0.3 is 0 Å². The zero-order valence-corrected chi connectivity index (χ0v) is 20.4. The summed E-state index contributed by atoms with van der Waals surface area (Å²) in [4.78, 5) is 29.8. The predicted molar refractivity (Wildman–Crippen MR) is 130 cm³/mol. The molecule has 1 saturated heterocycles. The Labute approximate surface area is 196 Å². The second-order valence-electron chi connectivity index (χ2n) is 9.75. The number of benzene rings is 2. The molecule has 3 rings (SSSR count). The molecule has 1 heterocycles. The molecule has 1 fully saturated rings. The number of rotatable bonds is 7. The number of Topliss-reactive ketones (excluding diaryl/α,β-unsaturated/α-hetero) is 1. The van der Waals surface area contributed by atoms with Gasteiger partial charge in [-0.25, -0.2) is 0 Å². The fourth-order valence-electron chi connectivity index (χ4n) is 4.08. The first-order valence-electron chi connectivity index (χ1n) is 11.2. The lowest BCUT2D eigenvalue weighted by molar-refractivity contribution is -0.139. The van der Waals surface area contributed by atoms with Gasteiger partial charge in [0.1, 0.15) is 11.5 Å². The Morgan fingerprint density at radius 3 is 2.15 bits per heavy atom. The van der Waals surface area contributed by atoms with Gasteiger partial charge in [0.25, 0.3) is 11.7 Å². The predicted octanol–water partition coefficient (Wildman–Crippen LogP) is 4.37. The van der Waals surface area contributed by atoms with E-state index in [0.717, 1.165) is 24.1 Å². The van der Waals surface area contributed by atoms with Crippen molar-refractivity contribution >= 4 is 17.4 Å². The summed E-state index contributed by atoms with van der Waals surface area (Å²) >= 11 is 0. The first-order valence-corrected chi connectivity index (χ1v) is 11.2. The van der Waals surface area contributed by atoms with Crippen LogP contribution in [0.2, 0.25) is 0 Å². The van der Waals surface area contributed by atoms with Gasteiger partial charge in [-0.3, -0.25) is 9.59 Å². The fourth-order valence-corrected chi connectivity index (χ4v) is 4.08. The van der Waals surface area contributed by atoms with E-state index >= 15 is 0 Å². The first-order chi connectivity index (χ1) is 15.5. The van der Waals surface area contributed by atoms with Crippen molar-refractivity contribution in [3.05, 3.63) is 70.8 Å². The normalized spacial score (nSPS) is 18.3. The van der Waals surface area contributed by atoms with Crippen LogP contribution in [0, 0.1) is 0 Å². The standard InChI is InChI=1S/C27H34N2O4/c1-27(2,3)20-12-8-18(9-13-20)23-22(24(30)19-10-14-21(33-6)15-11-19)25(31)26(32)29(23)17-7-16-28(4)5/h8-15,23,30H,7,16-17H2,1-6H3/b24-22+. The second kappa shape index (κ2) is 9.79. The molecule has 0 radical (unpaired) electrons. The number of carbonyl (C=O) groups excluding carboxylic acids is 2. The number of nitrogens with zero attached hydrogens (tertiary/aromatic N) is 2. The highest BCUT2D eigenvalue weighted by atomic mass is 16.5. The molecule has 0 bridgehead atoms. The topological polar surface area (TPSA) is 70.1 Å². The average Bonchev–Trinajstić information content (AvgIpc) is 3.03. The Hall–Kier alpha value is -3.12. The number of likely N-dealkylation sites (tertiary alicyclic amines) is 1. The Morgan fingerprint density at radius 2 is 1.64 bits per heavy atom. The largest absolute Gasteiger partial charge is 0.507 e. The van der Waals surface area contributed by atoms with Gasteiger partial charge in [-0.2, -0.15) is 0 Å². The van der Waals surface area contributed by atoms with Crippen LogP contribution in [0.25, 0.3) is 5.76 Å². The molecule has 176 valence electrons. The molecule has 6 nitrogen and oxygen atoms in total. The molecular formula is C27H34N2O4. The summed E-state index contributed by atoms with van der Waals surface area (Å²) in [5.74, 6) is -0.757. The van der Waals surface area contributed by atoms with Crippen LogP contribution in [0.15, 0.2) is 54.1 Å².